The summed E-state index contributed by atoms with van der Waals surface area (Å²) in [6.45, 7) is 0. The number of hydrogen-bond donors (Lipinski definition) is 0. The van der Waals surface area contributed by atoms with Gasteiger partial charge in [0.1, 0.15) is 0 Å². The molecule has 1 aliphatic heterocycles. The zero-order chi connectivity index (χ0) is 13.7. The van der Waals surface area contributed by atoms with Gasteiger partial charge in [0.2, 0.25) is 0 Å². The second-order valence-electron chi connectivity index (χ2n) is 4.28. The van der Waals surface area contributed by atoms with Crippen LogP contribution in [0.25, 0.3) is 16.9 Å². The Morgan fingerprint density at radius 3 is 2.85 bits per heavy atom. The van der Waals surface area contributed by atoms with Crippen LogP contribution in [0.4, 0.5) is 8.78 Å². The van der Waals surface area contributed by atoms with Crippen molar-refractivity contribution >= 4 is 5.65 Å². The van der Waals surface area contributed by atoms with E-state index in [0.29, 0.717) is 11.2 Å². The summed E-state index contributed by atoms with van der Waals surface area (Å²) in [4.78, 5) is 8.17. The molecule has 3 aromatic rings. The molecule has 5 nitrogen and oxygen atoms in total. The van der Waals surface area contributed by atoms with Crippen LogP contribution in [0, 0.1) is 0 Å². The van der Waals surface area contributed by atoms with Gasteiger partial charge < -0.3 is 9.47 Å². The van der Waals surface area contributed by atoms with Crippen molar-refractivity contribution in [1.29, 1.82) is 0 Å². The molecule has 0 radical (unpaired) electrons. The van der Waals surface area contributed by atoms with Crippen LogP contribution in [-0.4, -0.2) is 20.7 Å². The summed E-state index contributed by atoms with van der Waals surface area (Å²) in [5.74, 6) is 0.0331. The van der Waals surface area contributed by atoms with Crippen LogP contribution in [-0.2, 0) is 0 Å². The predicted molar refractivity (Wildman–Crippen MR) is 64.6 cm³/mol. The summed E-state index contributed by atoms with van der Waals surface area (Å²) in [6, 6.07) is 4.62. The van der Waals surface area contributed by atoms with Crippen molar-refractivity contribution in [2.75, 3.05) is 0 Å². The first-order chi connectivity index (χ1) is 9.62. The summed E-state index contributed by atoms with van der Waals surface area (Å²) >= 11 is 0. The SMILES string of the molecule is FC1(F)Oc2ccc(-c3cnc4cnccn34)cc2O1. The maximum Gasteiger partial charge on any atom is 0.586 e. The zero-order valence-electron chi connectivity index (χ0n) is 9.96. The molecule has 1 aromatic carbocycles. The normalized spacial score (nSPS) is 15.7. The largest absolute Gasteiger partial charge is 0.586 e. The number of fused-ring (bicyclic) bond motifs is 2. The summed E-state index contributed by atoms with van der Waals surface area (Å²) in [7, 11) is 0. The predicted octanol–water partition coefficient (Wildman–Crippen LogP) is 2.72. The molecule has 0 atom stereocenters. The number of alkyl halides is 2. The van der Waals surface area contributed by atoms with Gasteiger partial charge in [-0.15, -0.1) is 8.78 Å². The minimum Gasteiger partial charge on any atom is -0.395 e. The van der Waals surface area contributed by atoms with E-state index in [4.69, 9.17) is 0 Å². The van der Waals surface area contributed by atoms with Gasteiger partial charge in [0.05, 0.1) is 18.1 Å². The van der Waals surface area contributed by atoms with E-state index >= 15 is 0 Å². The first kappa shape index (κ1) is 11.2. The topological polar surface area (TPSA) is 48.7 Å². The van der Waals surface area contributed by atoms with Crippen LogP contribution in [0.3, 0.4) is 0 Å². The van der Waals surface area contributed by atoms with Crippen molar-refractivity contribution < 1.29 is 18.3 Å². The van der Waals surface area contributed by atoms with E-state index in [-0.39, 0.29) is 11.5 Å². The Kier molecular flexibility index (Phi) is 2.04. The number of halogens is 2. The third-order valence-corrected chi connectivity index (χ3v) is 3.01. The Morgan fingerprint density at radius 1 is 1.10 bits per heavy atom. The van der Waals surface area contributed by atoms with E-state index in [1.165, 1.54) is 12.1 Å². The molecule has 3 heterocycles. The van der Waals surface area contributed by atoms with Gasteiger partial charge in [-0.25, -0.2) is 4.98 Å². The second kappa shape index (κ2) is 3.66. The summed E-state index contributed by atoms with van der Waals surface area (Å²) in [6.07, 6.45) is 3.03. The van der Waals surface area contributed by atoms with Crippen molar-refractivity contribution in [3.63, 3.8) is 0 Å². The smallest absolute Gasteiger partial charge is 0.395 e. The summed E-state index contributed by atoms with van der Waals surface area (Å²) < 4.78 is 36.6. The number of ether oxygens (including phenoxy) is 2. The maximum atomic E-state index is 13.0. The summed E-state index contributed by atoms with van der Waals surface area (Å²) in [5, 5.41) is 0. The van der Waals surface area contributed by atoms with E-state index in [9.17, 15) is 8.78 Å². The number of aromatic nitrogens is 3. The fraction of sp³-hybridized carbons (Fsp3) is 0.0769. The fourth-order valence-corrected chi connectivity index (χ4v) is 2.16. The average molecular weight is 275 g/mol. The lowest BCUT2D eigenvalue weighted by molar-refractivity contribution is -0.286. The molecule has 4 rings (SSSR count). The number of hydrogen-bond acceptors (Lipinski definition) is 4. The van der Waals surface area contributed by atoms with Gasteiger partial charge in [0.25, 0.3) is 0 Å². The van der Waals surface area contributed by atoms with Crippen molar-refractivity contribution in [3.8, 4) is 22.8 Å². The van der Waals surface area contributed by atoms with Gasteiger partial charge in [-0.05, 0) is 18.2 Å². The highest BCUT2D eigenvalue weighted by Gasteiger charge is 2.43. The minimum atomic E-state index is -3.61. The van der Waals surface area contributed by atoms with Crippen LogP contribution < -0.4 is 9.47 Å². The summed E-state index contributed by atoms with van der Waals surface area (Å²) in [5.41, 5.74) is 2.12. The van der Waals surface area contributed by atoms with Crippen molar-refractivity contribution in [3.05, 3.63) is 43.0 Å². The molecule has 0 bridgehead atoms. The highest BCUT2D eigenvalue weighted by Crippen LogP contribution is 2.42. The van der Waals surface area contributed by atoms with Crippen LogP contribution in [0.15, 0.2) is 43.0 Å². The van der Waals surface area contributed by atoms with Crippen LogP contribution in [0.1, 0.15) is 0 Å². The van der Waals surface area contributed by atoms with Gasteiger partial charge in [0, 0.05) is 18.0 Å². The number of benzene rings is 1. The molecule has 2 aromatic heterocycles. The van der Waals surface area contributed by atoms with Gasteiger partial charge in [-0.3, -0.25) is 9.38 Å². The monoisotopic (exact) mass is 275 g/mol. The average Bonchev–Trinajstić information content (AvgIpc) is 2.96. The molecule has 0 unspecified atom stereocenters. The second-order valence-corrected chi connectivity index (χ2v) is 4.28. The highest BCUT2D eigenvalue weighted by atomic mass is 19.3. The molecule has 0 amide bonds. The Morgan fingerprint density at radius 2 is 1.95 bits per heavy atom. The molecule has 0 saturated carbocycles. The van der Waals surface area contributed by atoms with Gasteiger partial charge in [-0.1, -0.05) is 0 Å². The Balaban J connectivity index is 1.85. The van der Waals surface area contributed by atoms with E-state index in [0.717, 1.165) is 5.69 Å². The van der Waals surface area contributed by atoms with Crippen LogP contribution in [0.5, 0.6) is 11.5 Å². The quantitative estimate of drug-likeness (QED) is 0.685. The lowest BCUT2D eigenvalue weighted by Gasteiger charge is -2.04. The fourth-order valence-electron chi connectivity index (χ4n) is 2.16. The third-order valence-electron chi connectivity index (χ3n) is 3.01. The van der Waals surface area contributed by atoms with E-state index < -0.39 is 6.29 Å². The molecule has 0 spiro atoms. The van der Waals surface area contributed by atoms with Gasteiger partial charge >= 0.3 is 6.29 Å². The first-order valence-electron chi connectivity index (χ1n) is 5.80. The molecule has 1 aliphatic rings. The Bertz CT molecular complexity index is 816. The molecule has 100 valence electrons. The first-order valence-corrected chi connectivity index (χ1v) is 5.80. The molecule has 7 heteroatoms. The highest BCUT2D eigenvalue weighted by molar-refractivity contribution is 5.67. The van der Waals surface area contributed by atoms with E-state index in [2.05, 4.69) is 19.4 Å². The minimum absolute atomic E-state index is 0.0107. The van der Waals surface area contributed by atoms with E-state index in [1.807, 2.05) is 4.40 Å². The third kappa shape index (κ3) is 1.59. The molecule has 20 heavy (non-hydrogen) atoms. The maximum absolute atomic E-state index is 13.0. The van der Waals surface area contributed by atoms with E-state index in [1.54, 1.807) is 30.9 Å². The lowest BCUT2D eigenvalue weighted by Crippen LogP contribution is -2.25. The van der Waals surface area contributed by atoms with Gasteiger partial charge in [0.15, 0.2) is 17.1 Å². The zero-order valence-corrected chi connectivity index (χ0v) is 9.96. The molecule has 0 aliphatic carbocycles. The van der Waals surface area contributed by atoms with Crippen LogP contribution >= 0.6 is 0 Å². The number of rotatable bonds is 1. The van der Waals surface area contributed by atoms with Crippen molar-refractivity contribution in [2.45, 2.75) is 6.29 Å². The number of imidazole rings is 1. The van der Waals surface area contributed by atoms with Gasteiger partial charge in [-0.2, -0.15) is 0 Å². The molecular formula is C13H7F2N3O2. The molecule has 0 fully saturated rings. The molecule has 0 N–H and O–H groups in total. The van der Waals surface area contributed by atoms with Crippen molar-refractivity contribution in [1.82, 2.24) is 14.4 Å². The molecule has 0 saturated heterocycles. The van der Waals surface area contributed by atoms with Crippen molar-refractivity contribution in [2.24, 2.45) is 0 Å². The van der Waals surface area contributed by atoms with Crippen LogP contribution in [0.2, 0.25) is 0 Å². The Hall–Kier alpha value is -2.70. The Labute approximate surface area is 111 Å². The number of nitrogens with zero attached hydrogens (tertiary/aromatic N) is 3. The lowest BCUT2D eigenvalue weighted by atomic mass is 10.1. The molecular weight excluding hydrogens is 268 g/mol. The standard InChI is InChI=1S/C13H7F2N3O2/c14-13(15)19-10-2-1-8(5-11(10)20-13)9-6-17-12-7-16-3-4-18(9)12/h1-7H.